The molecule has 0 heterocycles. The van der Waals surface area contributed by atoms with E-state index in [0.717, 1.165) is 5.75 Å². The van der Waals surface area contributed by atoms with Crippen LogP contribution < -0.4 is 9.47 Å². The molecule has 2 aromatic rings. The first-order valence-corrected chi connectivity index (χ1v) is 8.89. The maximum absolute atomic E-state index is 10.8. The quantitative estimate of drug-likeness (QED) is 0.573. The van der Waals surface area contributed by atoms with Crippen molar-refractivity contribution in [3.05, 3.63) is 54.6 Å². The number of benzene rings is 2. The fourth-order valence-corrected chi connectivity index (χ4v) is 2.44. The summed E-state index contributed by atoms with van der Waals surface area (Å²) in [6.07, 6.45) is 0.355. The number of halogens is 1. The van der Waals surface area contributed by atoms with Gasteiger partial charge in [0.2, 0.25) is 9.05 Å². The summed E-state index contributed by atoms with van der Waals surface area (Å²) >= 11 is 0. The average Bonchev–Trinajstić information content (AvgIpc) is 2.45. The summed E-state index contributed by atoms with van der Waals surface area (Å²) in [6, 6.07) is 16.6. The third kappa shape index (κ3) is 6.06. The molecule has 0 atom stereocenters. The van der Waals surface area contributed by atoms with E-state index in [0.29, 0.717) is 24.5 Å². The van der Waals surface area contributed by atoms with Gasteiger partial charge in [-0.05, 0) is 42.8 Å². The number of hydrogen-bond donors (Lipinski definition) is 0. The first-order valence-electron chi connectivity index (χ1n) is 6.41. The van der Waals surface area contributed by atoms with Crippen molar-refractivity contribution < 1.29 is 17.9 Å². The zero-order chi connectivity index (χ0) is 15.1. The van der Waals surface area contributed by atoms with Gasteiger partial charge in [0.1, 0.15) is 17.2 Å². The van der Waals surface area contributed by atoms with Crippen LogP contribution in [0.3, 0.4) is 0 Å². The molecule has 4 nitrogen and oxygen atoms in total. The van der Waals surface area contributed by atoms with Gasteiger partial charge in [-0.3, -0.25) is 0 Å². The molecule has 0 aromatic heterocycles. The molecule has 0 saturated heterocycles. The lowest BCUT2D eigenvalue weighted by Gasteiger charge is -2.08. The SMILES string of the molecule is O=S(=O)(Cl)CCCOc1ccc(Oc2ccccc2)cc1. The maximum atomic E-state index is 10.8. The molecule has 0 N–H and O–H groups in total. The summed E-state index contributed by atoms with van der Waals surface area (Å²) in [7, 11) is 1.67. The molecule has 0 aliphatic heterocycles. The summed E-state index contributed by atoms with van der Waals surface area (Å²) in [4.78, 5) is 0. The third-order valence-electron chi connectivity index (χ3n) is 2.60. The Hall–Kier alpha value is -1.72. The second-order valence-electron chi connectivity index (χ2n) is 4.33. The highest BCUT2D eigenvalue weighted by atomic mass is 35.7. The van der Waals surface area contributed by atoms with Gasteiger partial charge < -0.3 is 9.47 Å². The number of rotatable bonds is 7. The van der Waals surface area contributed by atoms with Gasteiger partial charge in [-0.2, -0.15) is 0 Å². The summed E-state index contributed by atoms with van der Waals surface area (Å²) in [5.41, 5.74) is 0. The van der Waals surface area contributed by atoms with E-state index in [9.17, 15) is 8.42 Å². The van der Waals surface area contributed by atoms with Crippen LogP contribution in [-0.4, -0.2) is 20.8 Å². The molecule has 0 saturated carbocycles. The van der Waals surface area contributed by atoms with Crippen LogP contribution in [0.4, 0.5) is 0 Å². The predicted molar refractivity (Wildman–Crippen MR) is 82.7 cm³/mol. The molecule has 0 unspecified atom stereocenters. The Morgan fingerprint density at radius 3 is 2.05 bits per heavy atom. The van der Waals surface area contributed by atoms with Gasteiger partial charge in [-0.25, -0.2) is 8.42 Å². The molecule has 0 radical (unpaired) electrons. The van der Waals surface area contributed by atoms with Crippen molar-refractivity contribution in [1.82, 2.24) is 0 Å². The van der Waals surface area contributed by atoms with Crippen molar-refractivity contribution in [2.45, 2.75) is 6.42 Å². The van der Waals surface area contributed by atoms with E-state index in [2.05, 4.69) is 0 Å². The Labute approximate surface area is 128 Å². The van der Waals surface area contributed by atoms with Crippen LogP contribution in [-0.2, 0) is 9.05 Å². The monoisotopic (exact) mass is 326 g/mol. The third-order valence-corrected chi connectivity index (χ3v) is 3.84. The van der Waals surface area contributed by atoms with Crippen LogP contribution in [0.5, 0.6) is 17.2 Å². The van der Waals surface area contributed by atoms with Gasteiger partial charge in [0.15, 0.2) is 0 Å². The molecule has 0 aliphatic carbocycles. The van der Waals surface area contributed by atoms with E-state index in [1.165, 1.54) is 0 Å². The maximum Gasteiger partial charge on any atom is 0.232 e. The Bertz CT molecular complexity index is 654. The molecule has 2 aromatic carbocycles. The number of para-hydroxylation sites is 1. The van der Waals surface area contributed by atoms with Crippen LogP contribution in [0, 0.1) is 0 Å². The van der Waals surface area contributed by atoms with Gasteiger partial charge in [-0.1, -0.05) is 18.2 Å². The molecule has 112 valence electrons. The van der Waals surface area contributed by atoms with Crippen molar-refractivity contribution in [3.8, 4) is 17.2 Å². The summed E-state index contributed by atoms with van der Waals surface area (Å²) in [5.74, 6) is 2.03. The van der Waals surface area contributed by atoms with E-state index >= 15 is 0 Å². The molecule has 2 rings (SSSR count). The molecular formula is C15H15ClO4S. The Kier molecular flexibility index (Phi) is 5.47. The van der Waals surface area contributed by atoms with Crippen LogP contribution in [0.15, 0.2) is 54.6 Å². The lowest BCUT2D eigenvalue weighted by atomic mass is 10.3. The van der Waals surface area contributed by atoms with Gasteiger partial charge in [0.05, 0.1) is 12.4 Å². The molecule has 21 heavy (non-hydrogen) atoms. The van der Waals surface area contributed by atoms with E-state index in [-0.39, 0.29) is 5.75 Å². The fourth-order valence-electron chi connectivity index (χ4n) is 1.65. The van der Waals surface area contributed by atoms with Gasteiger partial charge in [0, 0.05) is 10.7 Å². The molecular weight excluding hydrogens is 312 g/mol. The standard InChI is InChI=1S/C15H15ClO4S/c16-21(17,18)12-4-11-19-13-7-9-15(10-8-13)20-14-5-2-1-3-6-14/h1-3,5-10H,4,11-12H2. The van der Waals surface area contributed by atoms with Gasteiger partial charge >= 0.3 is 0 Å². The van der Waals surface area contributed by atoms with Crippen molar-refractivity contribution in [2.24, 2.45) is 0 Å². The number of ether oxygens (including phenoxy) is 2. The normalized spacial score (nSPS) is 11.1. The largest absolute Gasteiger partial charge is 0.494 e. The Morgan fingerprint density at radius 1 is 0.857 bits per heavy atom. The molecule has 0 amide bonds. The topological polar surface area (TPSA) is 52.6 Å². The highest BCUT2D eigenvalue weighted by molar-refractivity contribution is 8.13. The minimum atomic E-state index is -3.45. The highest BCUT2D eigenvalue weighted by Gasteiger charge is 2.04. The zero-order valence-electron chi connectivity index (χ0n) is 11.2. The second-order valence-corrected chi connectivity index (χ2v) is 7.23. The average molecular weight is 327 g/mol. The first-order chi connectivity index (χ1) is 10.0. The van der Waals surface area contributed by atoms with Gasteiger partial charge in [0.25, 0.3) is 0 Å². The molecule has 0 aliphatic rings. The summed E-state index contributed by atoms with van der Waals surface area (Å²) < 4.78 is 32.6. The summed E-state index contributed by atoms with van der Waals surface area (Å²) in [5, 5.41) is 0. The van der Waals surface area contributed by atoms with E-state index in [1.54, 1.807) is 24.3 Å². The van der Waals surface area contributed by atoms with Crippen molar-refractivity contribution >= 4 is 19.7 Å². The van der Waals surface area contributed by atoms with Crippen LogP contribution >= 0.6 is 10.7 Å². The Morgan fingerprint density at radius 2 is 1.43 bits per heavy atom. The van der Waals surface area contributed by atoms with Gasteiger partial charge in [-0.15, -0.1) is 0 Å². The smallest absolute Gasteiger partial charge is 0.232 e. The fraction of sp³-hybridized carbons (Fsp3) is 0.200. The minimum Gasteiger partial charge on any atom is -0.494 e. The van der Waals surface area contributed by atoms with Crippen LogP contribution in [0.25, 0.3) is 0 Å². The Balaban J connectivity index is 1.82. The van der Waals surface area contributed by atoms with Crippen molar-refractivity contribution in [3.63, 3.8) is 0 Å². The predicted octanol–water partition coefficient (Wildman–Crippen LogP) is 3.82. The van der Waals surface area contributed by atoms with E-state index < -0.39 is 9.05 Å². The van der Waals surface area contributed by atoms with Crippen molar-refractivity contribution in [1.29, 1.82) is 0 Å². The molecule has 0 fully saturated rings. The van der Waals surface area contributed by atoms with Crippen LogP contribution in [0.1, 0.15) is 6.42 Å². The zero-order valence-corrected chi connectivity index (χ0v) is 12.8. The van der Waals surface area contributed by atoms with Crippen molar-refractivity contribution in [2.75, 3.05) is 12.4 Å². The number of hydrogen-bond acceptors (Lipinski definition) is 4. The second kappa shape index (κ2) is 7.33. The molecule has 0 spiro atoms. The highest BCUT2D eigenvalue weighted by Crippen LogP contribution is 2.23. The lowest BCUT2D eigenvalue weighted by molar-refractivity contribution is 0.317. The molecule has 0 bridgehead atoms. The minimum absolute atomic E-state index is 0.0935. The lowest BCUT2D eigenvalue weighted by Crippen LogP contribution is -2.04. The molecule has 6 heteroatoms. The summed E-state index contributed by atoms with van der Waals surface area (Å²) in [6.45, 7) is 0.296. The first kappa shape index (κ1) is 15.7. The van der Waals surface area contributed by atoms with Crippen LogP contribution in [0.2, 0.25) is 0 Å². The van der Waals surface area contributed by atoms with E-state index in [4.69, 9.17) is 20.2 Å². The van der Waals surface area contributed by atoms with E-state index in [1.807, 2.05) is 30.3 Å².